The van der Waals surface area contributed by atoms with Crippen molar-refractivity contribution in [3.8, 4) is 0 Å². The number of hydrogen-bond donors (Lipinski definition) is 0. The number of imidazole rings is 1. The molecule has 1 aliphatic rings. The lowest BCUT2D eigenvalue weighted by atomic mass is 9.88. The lowest BCUT2D eigenvalue weighted by molar-refractivity contribution is -0.117. The minimum absolute atomic E-state index is 0.420. The van der Waals surface area contributed by atoms with E-state index in [1.807, 2.05) is 67.1 Å². The van der Waals surface area contributed by atoms with E-state index in [0.717, 1.165) is 16.9 Å². The Hall–Kier alpha value is -2.56. The van der Waals surface area contributed by atoms with Crippen LogP contribution in [0.5, 0.6) is 0 Å². The molecule has 25 heavy (non-hydrogen) atoms. The molecule has 126 valence electrons. The molecular formula is C20H18ClN3O. The van der Waals surface area contributed by atoms with Gasteiger partial charge >= 0.3 is 0 Å². The molecule has 1 atom stereocenters. The van der Waals surface area contributed by atoms with Crippen molar-refractivity contribution in [2.24, 2.45) is 0 Å². The first-order chi connectivity index (χ1) is 12.2. The SMILES string of the molecule is CN1OC(c2ccc(Cl)cc2)=CC1(Cn1ccnc1)c1ccccc1. The molecule has 0 aliphatic carbocycles. The third-order valence-electron chi connectivity index (χ3n) is 4.55. The van der Waals surface area contributed by atoms with Gasteiger partial charge in [-0.25, -0.2) is 4.98 Å². The van der Waals surface area contributed by atoms with E-state index in [2.05, 4.69) is 27.8 Å². The van der Waals surface area contributed by atoms with E-state index >= 15 is 0 Å². The third-order valence-corrected chi connectivity index (χ3v) is 4.80. The average molecular weight is 352 g/mol. The van der Waals surface area contributed by atoms with Crippen LogP contribution >= 0.6 is 11.6 Å². The van der Waals surface area contributed by atoms with Gasteiger partial charge in [-0.1, -0.05) is 41.9 Å². The summed E-state index contributed by atoms with van der Waals surface area (Å²) in [6.45, 7) is 0.699. The van der Waals surface area contributed by atoms with Crippen molar-refractivity contribution in [3.63, 3.8) is 0 Å². The van der Waals surface area contributed by atoms with Crippen molar-refractivity contribution in [1.29, 1.82) is 0 Å². The van der Waals surface area contributed by atoms with Gasteiger partial charge in [-0.2, -0.15) is 0 Å². The van der Waals surface area contributed by atoms with Crippen molar-refractivity contribution >= 4 is 17.4 Å². The van der Waals surface area contributed by atoms with Crippen molar-refractivity contribution in [2.45, 2.75) is 12.1 Å². The number of likely N-dealkylation sites (N-methyl/N-ethyl adjacent to an activating group) is 1. The van der Waals surface area contributed by atoms with E-state index in [0.29, 0.717) is 11.6 Å². The molecule has 0 saturated carbocycles. The summed E-state index contributed by atoms with van der Waals surface area (Å²) in [5.41, 5.74) is 1.74. The summed E-state index contributed by atoms with van der Waals surface area (Å²) in [7, 11) is 1.96. The van der Waals surface area contributed by atoms with Crippen molar-refractivity contribution < 1.29 is 4.84 Å². The number of benzene rings is 2. The van der Waals surface area contributed by atoms with Crippen LogP contribution in [0.4, 0.5) is 0 Å². The van der Waals surface area contributed by atoms with Crippen LogP contribution in [0.25, 0.3) is 5.76 Å². The zero-order chi connectivity index (χ0) is 17.3. The molecule has 0 radical (unpaired) electrons. The Kier molecular flexibility index (Phi) is 4.07. The van der Waals surface area contributed by atoms with Crippen molar-refractivity contribution in [3.05, 3.63) is 95.5 Å². The van der Waals surface area contributed by atoms with E-state index in [1.54, 1.807) is 6.20 Å². The van der Waals surface area contributed by atoms with Gasteiger partial charge in [0, 0.05) is 30.0 Å². The fourth-order valence-corrected chi connectivity index (χ4v) is 3.33. The van der Waals surface area contributed by atoms with E-state index in [1.165, 1.54) is 0 Å². The fourth-order valence-electron chi connectivity index (χ4n) is 3.20. The molecule has 0 spiro atoms. The van der Waals surface area contributed by atoms with Gasteiger partial charge in [0.25, 0.3) is 0 Å². The van der Waals surface area contributed by atoms with Crippen LogP contribution in [0.15, 0.2) is 79.4 Å². The molecule has 4 nitrogen and oxygen atoms in total. The van der Waals surface area contributed by atoms with Crippen LogP contribution in [0, 0.1) is 0 Å². The number of rotatable bonds is 4. The lowest BCUT2D eigenvalue weighted by Crippen LogP contribution is -2.41. The fraction of sp³-hybridized carbons (Fsp3) is 0.150. The average Bonchev–Trinajstić information content (AvgIpc) is 3.26. The molecule has 2 heterocycles. The first-order valence-corrected chi connectivity index (χ1v) is 8.47. The van der Waals surface area contributed by atoms with Crippen LogP contribution < -0.4 is 0 Å². The smallest absolute Gasteiger partial charge is 0.153 e. The van der Waals surface area contributed by atoms with Gasteiger partial charge in [0.15, 0.2) is 5.76 Å². The van der Waals surface area contributed by atoms with Crippen LogP contribution in [0.2, 0.25) is 5.02 Å². The number of nitrogens with zero attached hydrogens (tertiary/aromatic N) is 3. The van der Waals surface area contributed by atoms with Gasteiger partial charge in [0.05, 0.1) is 12.9 Å². The second-order valence-corrected chi connectivity index (χ2v) is 6.57. The van der Waals surface area contributed by atoms with E-state index < -0.39 is 5.54 Å². The van der Waals surface area contributed by atoms with Gasteiger partial charge < -0.3 is 9.40 Å². The third kappa shape index (κ3) is 2.95. The summed E-state index contributed by atoms with van der Waals surface area (Å²) in [5.74, 6) is 0.822. The maximum atomic E-state index is 6.12. The Labute approximate surface area is 151 Å². The van der Waals surface area contributed by atoms with Crippen LogP contribution in [-0.4, -0.2) is 21.7 Å². The number of hydrogen-bond acceptors (Lipinski definition) is 3. The summed E-state index contributed by atoms with van der Waals surface area (Å²) in [5, 5.41) is 2.62. The highest BCUT2D eigenvalue weighted by atomic mass is 35.5. The number of halogens is 1. The largest absolute Gasteiger partial charge is 0.405 e. The van der Waals surface area contributed by atoms with E-state index in [9.17, 15) is 0 Å². The zero-order valence-electron chi connectivity index (χ0n) is 13.8. The van der Waals surface area contributed by atoms with E-state index in [4.69, 9.17) is 16.4 Å². The highest BCUT2D eigenvalue weighted by molar-refractivity contribution is 6.30. The van der Waals surface area contributed by atoms with Gasteiger partial charge in [-0.05, 0) is 35.9 Å². The highest BCUT2D eigenvalue weighted by Crippen LogP contribution is 2.41. The van der Waals surface area contributed by atoms with Gasteiger partial charge in [0.1, 0.15) is 5.54 Å². The van der Waals surface area contributed by atoms with Gasteiger partial charge in [-0.3, -0.25) is 0 Å². The molecule has 1 unspecified atom stereocenters. The minimum Gasteiger partial charge on any atom is -0.405 e. The standard InChI is InChI=1S/C20H18ClN3O/c1-23-20(14-24-12-11-22-15-24,17-5-3-2-4-6-17)13-19(25-23)16-7-9-18(21)10-8-16/h2-13,15H,14H2,1H3. The topological polar surface area (TPSA) is 30.3 Å². The maximum absolute atomic E-state index is 6.12. The first-order valence-electron chi connectivity index (χ1n) is 8.09. The lowest BCUT2D eigenvalue weighted by Gasteiger charge is -2.33. The van der Waals surface area contributed by atoms with Crippen LogP contribution in [0.1, 0.15) is 11.1 Å². The second-order valence-electron chi connectivity index (χ2n) is 6.13. The molecule has 4 rings (SSSR count). The number of aromatic nitrogens is 2. The summed E-state index contributed by atoms with van der Waals surface area (Å²) in [4.78, 5) is 10.3. The second kappa shape index (κ2) is 6.39. The maximum Gasteiger partial charge on any atom is 0.153 e. The quantitative estimate of drug-likeness (QED) is 0.700. The number of hydroxylamine groups is 2. The molecule has 1 aromatic heterocycles. The van der Waals surface area contributed by atoms with Gasteiger partial charge in [0.2, 0.25) is 0 Å². The molecule has 0 bridgehead atoms. The minimum atomic E-state index is -0.420. The normalized spacial score (nSPS) is 20.3. The molecule has 3 aromatic rings. The summed E-state index contributed by atoms with van der Waals surface area (Å²) < 4.78 is 2.06. The monoisotopic (exact) mass is 351 g/mol. The molecular weight excluding hydrogens is 334 g/mol. The summed E-state index contributed by atoms with van der Waals surface area (Å²) >= 11 is 6.01. The Balaban J connectivity index is 1.80. The molecule has 0 amide bonds. The molecule has 0 saturated heterocycles. The van der Waals surface area contributed by atoms with Crippen LogP contribution in [0.3, 0.4) is 0 Å². The zero-order valence-corrected chi connectivity index (χ0v) is 14.6. The predicted molar refractivity (Wildman–Crippen MR) is 98.6 cm³/mol. The Bertz CT molecular complexity index is 875. The molecule has 0 fully saturated rings. The van der Waals surface area contributed by atoms with Crippen molar-refractivity contribution in [1.82, 2.24) is 14.6 Å². The Morgan fingerprint density at radius 1 is 1.08 bits per heavy atom. The molecule has 0 N–H and O–H groups in total. The van der Waals surface area contributed by atoms with Gasteiger partial charge in [-0.15, -0.1) is 5.06 Å². The Morgan fingerprint density at radius 3 is 2.52 bits per heavy atom. The first kappa shape index (κ1) is 15.9. The van der Waals surface area contributed by atoms with E-state index in [-0.39, 0.29) is 0 Å². The predicted octanol–water partition coefficient (Wildman–Crippen LogP) is 4.35. The molecule has 1 aliphatic heterocycles. The molecule has 2 aromatic carbocycles. The highest BCUT2D eigenvalue weighted by Gasteiger charge is 2.42. The van der Waals surface area contributed by atoms with Crippen molar-refractivity contribution in [2.75, 3.05) is 7.05 Å². The van der Waals surface area contributed by atoms with Crippen LogP contribution in [-0.2, 0) is 16.9 Å². The summed E-state index contributed by atoms with van der Waals surface area (Å²) in [6, 6.07) is 18.1. The summed E-state index contributed by atoms with van der Waals surface area (Å²) in [6.07, 6.45) is 7.75. The Morgan fingerprint density at radius 2 is 1.84 bits per heavy atom. The molecule has 5 heteroatoms.